The molecule has 8 nitrogen and oxygen atoms in total. The Hall–Kier alpha value is -3.34. The van der Waals surface area contributed by atoms with E-state index >= 15 is 0 Å². The minimum absolute atomic E-state index is 0.0416. The molecular weight excluding hydrogens is 461 g/mol. The van der Waals surface area contributed by atoms with Crippen molar-refractivity contribution in [2.75, 3.05) is 26.3 Å². The topological polar surface area (TPSA) is 97.8 Å². The van der Waals surface area contributed by atoms with E-state index < -0.39 is 21.7 Å². The van der Waals surface area contributed by atoms with Crippen molar-refractivity contribution in [2.24, 2.45) is 0 Å². The highest BCUT2D eigenvalue weighted by molar-refractivity contribution is 7.89. The fraction of sp³-hybridized carbons (Fsp3) is 0.250. The van der Waals surface area contributed by atoms with Gasteiger partial charge in [-0.3, -0.25) is 9.78 Å². The average Bonchev–Trinajstić information content (AvgIpc) is 2.85. The molecular formula is C24H24FN3O5S. The van der Waals surface area contributed by atoms with Gasteiger partial charge in [-0.2, -0.15) is 4.31 Å². The second kappa shape index (κ2) is 10.3. The Morgan fingerprint density at radius 3 is 2.68 bits per heavy atom. The smallest absolute Gasteiger partial charge is 0.251 e. The summed E-state index contributed by atoms with van der Waals surface area (Å²) in [6, 6.07) is 12.2. The molecule has 1 aliphatic heterocycles. The van der Waals surface area contributed by atoms with Crippen molar-refractivity contribution in [1.82, 2.24) is 14.6 Å². The van der Waals surface area contributed by atoms with E-state index in [4.69, 9.17) is 9.47 Å². The lowest BCUT2D eigenvalue weighted by molar-refractivity contribution is 0.0730. The second-order valence-corrected chi connectivity index (χ2v) is 9.67. The maximum Gasteiger partial charge on any atom is 0.251 e. The van der Waals surface area contributed by atoms with Crippen molar-refractivity contribution in [1.29, 1.82) is 0 Å². The van der Waals surface area contributed by atoms with Crippen molar-refractivity contribution >= 4 is 15.9 Å². The van der Waals surface area contributed by atoms with E-state index in [9.17, 15) is 17.6 Å². The third-order valence-corrected chi connectivity index (χ3v) is 7.27. The number of halogens is 1. The molecule has 1 saturated heterocycles. The molecule has 0 bridgehead atoms. The van der Waals surface area contributed by atoms with E-state index in [1.165, 1.54) is 34.8 Å². The summed E-state index contributed by atoms with van der Waals surface area (Å²) < 4.78 is 52.4. The van der Waals surface area contributed by atoms with Crippen molar-refractivity contribution < 1.29 is 27.1 Å². The number of carbonyl (C=O) groups is 1. The van der Waals surface area contributed by atoms with Crippen LogP contribution < -0.4 is 10.1 Å². The number of hydrogen-bond donors (Lipinski definition) is 1. The van der Waals surface area contributed by atoms with Crippen molar-refractivity contribution in [2.45, 2.75) is 18.4 Å². The molecule has 0 radical (unpaired) electrons. The second-order valence-electron chi connectivity index (χ2n) is 7.73. The van der Waals surface area contributed by atoms with Gasteiger partial charge in [0.1, 0.15) is 5.75 Å². The Morgan fingerprint density at radius 1 is 1.18 bits per heavy atom. The quantitative estimate of drug-likeness (QED) is 0.552. The van der Waals surface area contributed by atoms with E-state index in [0.717, 1.165) is 0 Å². The zero-order chi connectivity index (χ0) is 24.1. The van der Waals surface area contributed by atoms with Crippen molar-refractivity contribution in [3.05, 3.63) is 83.4 Å². The fourth-order valence-electron chi connectivity index (χ4n) is 3.49. The number of morpholine rings is 1. The van der Waals surface area contributed by atoms with Crippen LogP contribution in [0.15, 0.2) is 65.8 Å². The summed E-state index contributed by atoms with van der Waals surface area (Å²) >= 11 is 0. The Labute approximate surface area is 197 Å². The maximum absolute atomic E-state index is 14.5. The molecule has 1 aliphatic rings. The number of carbonyl (C=O) groups excluding carboxylic acids is 1. The van der Waals surface area contributed by atoms with Gasteiger partial charge >= 0.3 is 0 Å². The summed E-state index contributed by atoms with van der Waals surface area (Å²) in [4.78, 5) is 16.8. The number of ether oxygens (including phenoxy) is 2. The monoisotopic (exact) mass is 485 g/mol. The van der Waals surface area contributed by atoms with Crippen molar-refractivity contribution in [3.63, 3.8) is 0 Å². The van der Waals surface area contributed by atoms with Crippen LogP contribution in [0.25, 0.3) is 0 Å². The first kappa shape index (κ1) is 23.8. The molecule has 178 valence electrons. The highest BCUT2D eigenvalue weighted by atomic mass is 32.2. The molecule has 2 aromatic carbocycles. The lowest BCUT2D eigenvalue weighted by Gasteiger charge is -2.26. The molecule has 0 aliphatic carbocycles. The normalized spacial score (nSPS) is 14.5. The molecule has 1 aromatic heterocycles. The average molecular weight is 486 g/mol. The molecule has 0 saturated carbocycles. The molecule has 2 heterocycles. The first-order valence-electron chi connectivity index (χ1n) is 10.7. The van der Waals surface area contributed by atoms with Gasteiger partial charge < -0.3 is 14.8 Å². The standard InChI is InChI=1S/C24H24FN3O5S/c1-17-4-6-20(34(30,31)28-9-11-32-12-10-28)14-21(17)24(29)27-15-18-5-7-23(22(25)13-18)33-19-3-2-8-26-16-19/h2-8,13-14,16H,9-12,15H2,1H3,(H,27,29). The van der Waals surface area contributed by atoms with Crippen LogP contribution in [0.1, 0.15) is 21.5 Å². The van der Waals surface area contributed by atoms with Crippen LogP contribution in [0.5, 0.6) is 11.5 Å². The Kier molecular flexibility index (Phi) is 7.20. The molecule has 4 rings (SSSR count). The number of amides is 1. The zero-order valence-corrected chi connectivity index (χ0v) is 19.3. The first-order chi connectivity index (χ1) is 16.3. The number of sulfonamides is 1. The summed E-state index contributed by atoms with van der Waals surface area (Å²) in [6.07, 6.45) is 3.06. The Morgan fingerprint density at radius 2 is 1.97 bits per heavy atom. The molecule has 0 unspecified atom stereocenters. The number of aryl methyl sites for hydroxylation is 1. The van der Waals surface area contributed by atoms with Crippen LogP contribution in [0.4, 0.5) is 4.39 Å². The van der Waals surface area contributed by atoms with Crippen LogP contribution in [-0.2, 0) is 21.3 Å². The number of hydrogen-bond acceptors (Lipinski definition) is 6. The van der Waals surface area contributed by atoms with Crippen LogP contribution >= 0.6 is 0 Å². The number of benzene rings is 2. The molecule has 1 fully saturated rings. The molecule has 34 heavy (non-hydrogen) atoms. The van der Waals surface area contributed by atoms with Crippen molar-refractivity contribution in [3.8, 4) is 11.5 Å². The first-order valence-corrected chi connectivity index (χ1v) is 12.1. The van der Waals surface area contributed by atoms with Gasteiger partial charge in [0, 0.05) is 31.4 Å². The molecule has 0 atom stereocenters. The summed E-state index contributed by atoms with van der Waals surface area (Å²) in [7, 11) is -3.73. The summed E-state index contributed by atoms with van der Waals surface area (Å²) in [5.74, 6) is -0.581. The van der Waals surface area contributed by atoms with Gasteiger partial charge in [0.25, 0.3) is 5.91 Å². The summed E-state index contributed by atoms with van der Waals surface area (Å²) in [6.45, 7) is 2.99. The van der Waals surface area contributed by atoms with Gasteiger partial charge in [0.15, 0.2) is 11.6 Å². The molecule has 3 aromatic rings. The van der Waals surface area contributed by atoms with E-state index in [0.29, 0.717) is 30.1 Å². The largest absolute Gasteiger partial charge is 0.453 e. The fourth-order valence-corrected chi connectivity index (χ4v) is 4.93. The van der Waals surface area contributed by atoms with Crippen LogP contribution in [0.3, 0.4) is 0 Å². The maximum atomic E-state index is 14.5. The van der Waals surface area contributed by atoms with E-state index in [1.807, 2.05) is 0 Å². The third-order valence-electron chi connectivity index (χ3n) is 5.37. The molecule has 1 amide bonds. The molecule has 1 N–H and O–H groups in total. The van der Waals surface area contributed by atoms with Gasteiger partial charge in [0.05, 0.1) is 24.3 Å². The van der Waals surface area contributed by atoms with Crippen LogP contribution in [-0.4, -0.2) is 49.9 Å². The molecule has 10 heteroatoms. The number of pyridine rings is 1. The predicted molar refractivity (Wildman–Crippen MR) is 123 cm³/mol. The molecule has 0 spiro atoms. The van der Waals surface area contributed by atoms with Gasteiger partial charge in [0.2, 0.25) is 10.0 Å². The highest BCUT2D eigenvalue weighted by Crippen LogP contribution is 2.25. The van der Waals surface area contributed by atoms with Gasteiger partial charge in [-0.1, -0.05) is 12.1 Å². The minimum Gasteiger partial charge on any atom is -0.453 e. The van der Waals surface area contributed by atoms with E-state index in [2.05, 4.69) is 10.3 Å². The lowest BCUT2D eigenvalue weighted by atomic mass is 10.1. The van der Waals surface area contributed by atoms with Gasteiger partial charge in [-0.15, -0.1) is 0 Å². The van der Waals surface area contributed by atoms with Gasteiger partial charge in [-0.05, 0) is 54.4 Å². The Balaban J connectivity index is 1.45. The summed E-state index contributed by atoms with van der Waals surface area (Å²) in [5, 5.41) is 2.73. The SMILES string of the molecule is Cc1ccc(S(=O)(=O)N2CCOCC2)cc1C(=O)NCc1ccc(Oc2cccnc2)c(F)c1. The van der Waals surface area contributed by atoms with Crippen LogP contribution in [0.2, 0.25) is 0 Å². The van der Waals surface area contributed by atoms with Crippen LogP contribution in [0, 0.1) is 12.7 Å². The lowest BCUT2D eigenvalue weighted by Crippen LogP contribution is -2.40. The summed E-state index contributed by atoms with van der Waals surface area (Å²) in [5.41, 5.74) is 1.40. The van der Waals surface area contributed by atoms with Gasteiger partial charge in [-0.25, -0.2) is 12.8 Å². The third kappa shape index (κ3) is 5.41. The van der Waals surface area contributed by atoms with E-state index in [-0.39, 0.29) is 35.8 Å². The number of rotatable bonds is 7. The minimum atomic E-state index is -3.73. The van der Waals surface area contributed by atoms with E-state index in [1.54, 1.807) is 37.4 Å². The highest BCUT2D eigenvalue weighted by Gasteiger charge is 2.27. The number of nitrogens with one attached hydrogen (secondary N) is 1. The Bertz CT molecular complexity index is 1280. The number of aromatic nitrogens is 1. The number of nitrogens with zero attached hydrogens (tertiary/aromatic N) is 2. The zero-order valence-electron chi connectivity index (χ0n) is 18.5. The predicted octanol–water partition coefficient (Wildman–Crippen LogP) is 3.27.